The van der Waals surface area contributed by atoms with E-state index in [-0.39, 0.29) is 11.5 Å². The number of carbonyl (C=O) groups excluding carboxylic acids is 1. The molecule has 0 aliphatic carbocycles. The first kappa shape index (κ1) is 24.6. The van der Waals surface area contributed by atoms with E-state index >= 15 is 0 Å². The third-order valence-electron chi connectivity index (χ3n) is 6.49. The Morgan fingerprint density at radius 2 is 1.71 bits per heavy atom. The maximum atomic E-state index is 13.3. The van der Waals surface area contributed by atoms with Crippen molar-refractivity contribution in [2.45, 2.75) is 46.1 Å². The maximum Gasteiger partial charge on any atom is 0.262 e. The molecule has 0 spiro atoms. The van der Waals surface area contributed by atoms with Crippen LogP contribution in [0.4, 0.5) is 0 Å². The molecule has 0 bridgehead atoms. The van der Waals surface area contributed by atoms with Crippen LogP contribution in [0.5, 0.6) is 0 Å². The number of amides is 1. The topological polar surface area (TPSA) is 84.5 Å². The maximum absolute atomic E-state index is 13.3. The first-order valence-electron chi connectivity index (χ1n) is 12.5. The van der Waals surface area contributed by atoms with Crippen LogP contribution in [0.2, 0.25) is 0 Å². The van der Waals surface area contributed by atoms with Gasteiger partial charge in [-0.1, -0.05) is 56.3 Å². The van der Waals surface area contributed by atoms with Crippen LogP contribution >= 0.6 is 0 Å². The molecule has 0 aliphatic rings. The lowest BCUT2D eigenvalue weighted by Gasteiger charge is -2.17. The van der Waals surface area contributed by atoms with E-state index in [4.69, 9.17) is 0 Å². The van der Waals surface area contributed by atoms with Gasteiger partial charge in [-0.25, -0.2) is 0 Å². The molecule has 0 unspecified atom stereocenters. The molecular formula is C27H34N6O2. The van der Waals surface area contributed by atoms with E-state index in [9.17, 15) is 9.59 Å². The highest BCUT2D eigenvalue weighted by Gasteiger charge is 2.17. The standard InChI is InChI=1S/C27H34N6O2/c1-3-31(4-2)19-10-18-28-25(34)16-15-24-29-30-27-32(20-17-21-11-6-5-7-12-21)26(35)22-13-8-9-14-23(22)33(24)27/h5-9,11-14H,3-4,10,15-20H2,1-2H3,(H,28,34). The second-order valence-electron chi connectivity index (χ2n) is 8.69. The molecule has 0 saturated carbocycles. The number of benzene rings is 2. The Bertz CT molecular complexity index is 1320. The minimum absolute atomic E-state index is 0.00278. The molecule has 0 aliphatic heterocycles. The minimum atomic E-state index is -0.0751. The summed E-state index contributed by atoms with van der Waals surface area (Å²) in [7, 11) is 0. The smallest absolute Gasteiger partial charge is 0.262 e. The second kappa shape index (κ2) is 11.8. The van der Waals surface area contributed by atoms with Crippen molar-refractivity contribution in [1.82, 2.24) is 29.4 Å². The number of hydrogen-bond acceptors (Lipinski definition) is 5. The molecule has 4 aromatic rings. The Hall–Kier alpha value is -3.52. The van der Waals surface area contributed by atoms with Crippen LogP contribution in [-0.2, 0) is 24.2 Å². The highest BCUT2D eigenvalue weighted by molar-refractivity contribution is 5.80. The zero-order valence-electron chi connectivity index (χ0n) is 20.6. The van der Waals surface area contributed by atoms with Gasteiger partial charge < -0.3 is 10.2 Å². The van der Waals surface area contributed by atoms with Crippen molar-refractivity contribution in [1.29, 1.82) is 0 Å². The number of hydrogen-bond donors (Lipinski definition) is 1. The summed E-state index contributed by atoms with van der Waals surface area (Å²) in [6.07, 6.45) is 2.42. The van der Waals surface area contributed by atoms with E-state index < -0.39 is 0 Å². The second-order valence-corrected chi connectivity index (χ2v) is 8.69. The van der Waals surface area contributed by atoms with Crippen LogP contribution in [-0.4, -0.2) is 56.2 Å². The van der Waals surface area contributed by atoms with Crippen molar-refractivity contribution in [3.05, 3.63) is 76.3 Å². The lowest BCUT2D eigenvalue weighted by Crippen LogP contribution is -2.30. The van der Waals surface area contributed by atoms with Gasteiger partial charge in [-0.2, -0.15) is 0 Å². The molecule has 2 aromatic heterocycles. The predicted octanol–water partition coefficient (Wildman–Crippen LogP) is 3.07. The predicted molar refractivity (Wildman–Crippen MR) is 139 cm³/mol. The third-order valence-corrected chi connectivity index (χ3v) is 6.49. The summed E-state index contributed by atoms with van der Waals surface area (Å²) in [5.74, 6) is 1.20. The van der Waals surface area contributed by atoms with Crippen molar-refractivity contribution < 1.29 is 4.79 Å². The Labute approximate surface area is 205 Å². The van der Waals surface area contributed by atoms with E-state index in [1.807, 2.05) is 46.9 Å². The van der Waals surface area contributed by atoms with Gasteiger partial charge in [0.15, 0.2) is 0 Å². The van der Waals surface area contributed by atoms with Gasteiger partial charge in [0, 0.05) is 25.9 Å². The van der Waals surface area contributed by atoms with Gasteiger partial charge in [-0.05, 0) is 50.2 Å². The van der Waals surface area contributed by atoms with Gasteiger partial charge in [0.2, 0.25) is 11.7 Å². The molecule has 2 aromatic carbocycles. The molecule has 0 saturated heterocycles. The molecule has 1 N–H and O–H groups in total. The van der Waals surface area contributed by atoms with Crippen LogP contribution in [0.1, 0.15) is 38.1 Å². The van der Waals surface area contributed by atoms with Crippen molar-refractivity contribution in [3.8, 4) is 0 Å². The fourth-order valence-electron chi connectivity index (χ4n) is 4.45. The molecule has 2 heterocycles. The largest absolute Gasteiger partial charge is 0.356 e. The normalized spacial score (nSPS) is 11.5. The summed E-state index contributed by atoms with van der Waals surface area (Å²) in [6.45, 7) is 8.49. The molecule has 0 radical (unpaired) electrons. The number of aromatic nitrogens is 4. The van der Waals surface area contributed by atoms with E-state index in [0.29, 0.717) is 49.3 Å². The molecule has 35 heavy (non-hydrogen) atoms. The molecule has 4 rings (SSSR count). The lowest BCUT2D eigenvalue weighted by atomic mass is 10.1. The van der Waals surface area contributed by atoms with Gasteiger partial charge in [0.25, 0.3) is 5.56 Å². The highest BCUT2D eigenvalue weighted by Crippen LogP contribution is 2.16. The Morgan fingerprint density at radius 3 is 2.49 bits per heavy atom. The first-order chi connectivity index (χ1) is 17.1. The van der Waals surface area contributed by atoms with Gasteiger partial charge in [-0.15, -0.1) is 10.2 Å². The van der Waals surface area contributed by atoms with Gasteiger partial charge in [0.1, 0.15) is 5.82 Å². The van der Waals surface area contributed by atoms with E-state index in [2.05, 4.69) is 46.4 Å². The van der Waals surface area contributed by atoms with Crippen LogP contribution in [0.25, 0.3) is 16.7 Å². The first-order valence-corrected chi connectivity index (χ1v) is 12.5. The average molecular weight is 475 g/mol. The monoisotopic (exact) mass is 474 g/mol. The van der Waals surface area contributed by atoms with Crippen LogP contribution in [0, 0.1) is 0 Å². The van der Waals surface area contributed by atoms with Crippen LogP contribution < -0.4 is 10.9 Å². The molecule has 8 nitrogen and oxygen atoms in total. The third kappa shape index (κ3) is 5.77. The Balaban J connectivity index is 1.51. The zero-order valence-corrected chi connectivity index (χ0v) is 20.6. The fourth-order valence-corrected chi connectivity index (χ4v) is 4.45. The van der Waals surface area contributed by atoms with Gasteiger partial charge in [-0.3, -0.25) is 18.6 Å². The van der Waals surface area contributed by atoms with E-state index in [0.717, 1.165) is 37.1 Å². The van der Waals surface area contributed by atoms with Crippen molar-refractivity contribution in [2.75, 3.05) is 26.2 Å². The van der Waals surface area contributed by atoms with E-state index in [1.165, 1.54) is 0 Å². The number of aryl methyl sites for hydroxylation is 3. The number of nitrogens with one attached hydrogen (secondary N) is 1. The zero-order chi connectivity index (χ0) is 24.6. The number of nitrogens with zero attached hydrogens (tertiary/aromatic N) is 5. The molecule has 0 atom stereocenters. The van der Waals surface area contributed by atoms with Gasteiger partial charge in [0.05, 0.1) is 10.9 Å². The number of carbonyl (C=O) groups is 1. The van der Waals surface area contributed by atoms with Gasteiger partial charge >= 0.3 is 0 Å². The molecular weight excluding hydrogens is 440 g/mol. The SMILES string of the molecule is CCN(CC)CCCNC(=O)CCc1nnc2n(CCc3ccccc3)c(=O)c3ccccc3n12. The summed E-state index contributed by atoms with van der Waals surface area (Å²) in [6, 6.07) is 17.6. The number of para-hydroxylation sites is 1. The molecule has 1 amide bonds. The van der Waals surface area contributed by atoms with Crippen molar-refractivity contribution in [2.24, 2.45) is 0 Å². The summed E-state index contributed by atoms with van der Waals surface area (Å²) in [5, 5.41) is 12.4. The Kier molecular flexibility index (Phi) is 8.26. The summed E-state index contributed by atoms with van der Waals surface area (Å²) in [4.78, 5) is 28.1. The van der Waals surface area contributed by atoms with Crippen LogP contribution in [0.15, 0.2) is 59.4 Å². The molecule has 8 heteroatoms. The fraction of sp³-hybridized carbons (Fsp3) is 0.407. The minimum Gasteiger partial charge on any atom is -0.356 e. The molecule has 0 fully saturated rings. The summed E-state index contributed by atoms with van der Waals surface area (Å²) >= 11 is 0. The average Bonchev–Trinajstić information content (AvgIpc) is 3.32. The highest BCUT2D eigenvalue weighted by atomic mass is 16.1. The van der Waals surface area contributed by atoms with Crippen LogP contribution in [0.3, 0.4) is 0 Å². The Morgan fingerprint density at radius 1 is 0.971 bits per heavy atom. The quantitative estimate of drug-likeness (QED) is 0.319. The lowest BCUT2D eigenvalue weighted by molar-refractivity contribution is -0.121. The molecule has 184 valence electrons. The van der Waals surface area contributed by atoms with Crippen molar-refractivity contribution >= 4 is 22.6 Å². The summed E-state index contributed by atoms with van der Waals surface area (Å²) < 4.78 is 3.62. The number of rotatable bonds is 12. The van der Waals surface area contributed by atoms with Crippen molar-refractivity contribution in [3.63, 3.8) is 0 Å². The van der Waals surface area contributed by atoms with E-state index in [1.54, 1.807) is 4.57 Å². The number of fused-ring (bicyclic) bond motifs is 3. The summed E-state index contributed by atoms with van der Waals surface area (Å²) in [5.41, 5.74) is 1.85.